The molecule has 3 nitrogen and oxygen atoms in total. The molecule has 0 radical (unpaired) electrons. The molecule has 0 aliphatic heterocycles. The second-order valence-electron chi connectivity index (χ2n) is 4.08. The Bertz CT molecular complexity index is 326. The molecule has 1 atom stereocenters. The van der Waals surface area contributed by atoms with Crippen LogP contribution in [-0.2, 0) is 0 Å². The fourth-order valence-electron chi connectivity index (χ4n) is 1.11. The SMILES string of the molecule is Cc1ccnc(NCC(N)C(C)C)c1Br. The van der Waals surface area contributed by atoms with Crippen molar-refractivity contribution in [3.05, 3.63) is 22.3 Å². The molecular weight excluding hydrogens is 254 g/mol. The standard InChI is InChI=1S/C11H18BrN3/c1-7(2)9(13)6-15-11-10(12)8(3)4-5-14-11/h4-5,7,9H,6,13H2,1-3H3,(H,14,15). The summed E-state index contributed by atoms with van der Waals surface area (Å²) in [6.07, 6.45) is 1.79. The van der Waals surface area contributed by atoms with E-state index in [9.17, 15) is 0 Å². The minimum absolute atomic E-state index is 0.152. The van der Waals surface area contributed by atoms with Gasteiger partial charge in [0.25, 0.3) is 0 Å². The molecule has 1 aromatic rings. The van der Waals surface area contributed by atoms with E-state index >= 15 is 0 Å². The smallest absolute Gasteiger partial charge is 0.140 e. The van der Waals surface area contributed by atoms with E-state index in [0.29, 0.717) is 5.92 Å². The van der Waals surface area contributed by atoms with Crippen LogP contribution in [0, 0.1) is 12.8 Å². The third kappa shape index (κ3) is 3.47. The van der Waals surface area contributed by atoms with Crippen LogP contribution in [0.3, 0.4) is 0 Å². The second-order valence-corrected chi connectivity index (χ2v) is 4.87. The molecule has 0 spiro atoms. The Morgan fingerprint density at radius 1 is 1.53 bits per heavy atom. The van der Waals surface area contributed by atoms with Crippen molar-refractivity contribution < 1.29 is 0 Å². The number of rotatable bonds is 4. The Balaban J connectivity index is 2.62. The molecular formula is C11H18BrN3. The van der Waals surface area contributed by atoms with Gasteiger partial charge in [0.15, 0.2) is 0 Å². The van der Waals surface area contributed by atoms with E-state index in [1.807, 2.05) is 13.0 Å². The molecule has 0 saturated carbocycles. The van der Waals surface area contributed by atoms with Gasteiger partial charge >= 0.3 is 0 Å². The molecule has 0 aliphatic carbocycles. The first kappa shape index (κ1) is 12.5. The van der Waals surface area contributed by atoms with Crippen molar-refractivity contribution in [3.8, 4) is 0 Å². The van der Waals surface area contributed by atoms with Gasteiger partial charge in [-0.25, -0.2) is 4.98 Å². The summed E-state index contributed by atoms with van der Waals surface area (Å²) in [7, 11) is 0. The zero-order valence-corrected chi connectivity index (χ0v) is 11.0. The average molecular weight is 272 g/mol. The number of anilines is 1. The van der Waals surface area contributed by atoms with Gasteiger partial charge in [0.1, 0.15) is 5.82 Å². The predicted molar refractivity (Wildman–Crippen MR) is 68.0 cm³/mol. The summed E-state index contributed by atoms with van der Waals surface area (Å²) in [6.45, 7) is 7.02. The van der Waals surface area contributed by atoms with Gasteiger partial charge in [-0.2, -0.15) is 0 Å². The highest BCUT2D eigenvalue weighted by Gasteiger charge is 2.09. The van der Waals surface area contributed by atoms with Crippen LogP contribution < -0.4 is 11.1 Å². The molecule has 4 heteroatoms. The molecule has 3 N–H and O–H groups in total. The molecule has 0 aromatic carbocycles. The van der Waals surface area contributed by atoms with Crippen LogP contribution in [0.25, 0.3) is 0 Å². The Morgan fingerprint density at radius 3 is 2.80 bits per heavy atom. The van der Waals surface area contributed by atoms with E-state index < -0.39 is 0 Å². The summed E-state index contributed by atoms with van der Waals surface area (Å²) in [5.41, 5.74) is 7.12. The maximum absolute atomic E-state index is 5.95. The topological polar surface area (TPSA) is 50.9 Å². The van der Waals surface area contributed by atoms with Gasteiger partial charge in [-0.05, 0) is 40.4 Å². The fourth-order valence-corrected chi connectivity index (χ4v) is 1.49. The molecule has 0 fully saturated rings. The number of pyridine rings is 1. The summed E-state index contributed by atoms with van der Waals surface area (Å²) in [5.74, 6) is 1.34. The Morgan fingerprint density at radius 2 is 2.20 bits per heavy atom. The lowest BCUT2D eigenvalue weighted by Crippen LogP contribution is -2.34. The Kier molecular flexibility index (Phi) is 4.54. The largest absolute Gasteiger partial charge is 0.368 e. The summed E-state index contributed by atoms with van der Waals surface area (Å²) in [6, 6.07) is 2.12. The molecule has 1 heterocycles. The lowest BCUT2D eigenvalue weighted by atomic mass is 10.1. The zero-order chi connectivity index (χ0) is 11.4. The predicted octanol–water partition coefficient (Wildman–Crippen LogP) is 2.55. The number of nitrogens with zero attached hydrogens (tertiary/aromatic N) is 1. The number of nitrogens with two attached hydrogens (primary N) is 1. The maximum Gasteiger partial charge on any atom is 0.140 e. The van der Waals surface area contributed by atoms with Gasteiger partial charge in [-0.1, -0.05) is 13.8 Å². The Hall–Kier alpha value is -0.610. The number of aromatic nitrogens is 1. The number of hydrogen-bond acceptors (Lipinski definition) is 3. The molecule has 1 rings (SSSR count). The van der Waals surface area contributed by atoms with Crippen molar-refractivity contribution >= 4 is 21.7 Å². The van der Waals surface area contributed by atoms with Crippen molar-refractivity contribution in [2.24, 2.45) is 11.7 Å². The van der Waals surface area contributed by atoms with Gasteiger partial charge in [0.05, 0.1) is 4.47 Å². The normalized spacial score (nSPS) is 12.9. The van der Waals surface area contributed by atoms with Crippen molar-refractivity contribution in [2.75, 3.05) is 11.9 Å². The summed E-state index contributed by atoms with van der Waals surface area (Å²) in [5, 5.41) is 3.25. The highest BCUT2D eigenvalue weighted by Crippen LogP contribution is 2.23. The van der Waals surface area contributed by atoms with Crippen molar-refractivity contribution in [2.45, 2.75) is 26.8 Å². The van der Waals surface area contributed by atoms with Crippen molar-refractivity contribution in [1.82, 2.24) is 4.98 Å². The summed E-state index contributed by atoms with van der Waals surface area (Å²) >= 11 is 3.50. The van der Waals surface area contributed by atoms with Crippen LogP contribution in [0.5, 0.6) is 0 Å². The third-order valence-electron chi connectivity index (χ3n) is 2.44. The molecule has 1 aromatic heterocycles. The second kappa shape index (κ2) is 5.47. The van der Waals surface area contributed by atoms with Crippen LogP contribution >= 0.6 is 15.9 Å². The number of hydrogen-bond donors (Lipinski definition) is 2. The molecule has 0 saturated heterocycles. The highest BCUT2D eigenvalue weighted by atomic mass is 79.9. The maximum atomic E-state index is 5.95. The van der Waals surface area contributed by atoms with E-state index in [0.717, 1.165) is 16.8 Å². The van der Waals surface area contributed by atoms with E-state index in [1.54, 1.807) is 6.20 Å². The fraction of sp³-hybridized carbons (Fsp3) is 0.545. The van der Waals surface area contributed by atoms with Gasteiger partial charge < -0.3 is 11.1 Å². The molecule has 1 unspecified atom stereocenters. The lowest BCUT2D eigenvalue weighted by molar-refractivity contribution is 0.511. The molecule has 15 heavy (non-hydrogen) atoms. The first-order chi connectivity index (χ1) is 7.02. The van der Waals surface area contributed by atoms with Gasteiger partial charge in [0.2, 0.25) is 0 Å². The molecule has 0 amide bonds. The average Bonchev–Trinajstić information content (AvgIpc) is 2.19. The minimum atomic E-state index is 0.152. The monoisotopic (exact) mass is 271 g/mol. The summed E-state index contributed by atoms with van der Waals surface area (Å²) < 4.78 is 1.01. The molecule has 84 valence electrons. The van der Waals surface area contributed by atoms with Crippen molar-refractivity contribution in [1.29, 1.82) is 0 Å². The molecule has 0 aliphatic rings. The minimum Gasteiger partial charge on any atom is -0.368 e. The number of nitrogens with one attached hydrogen (secondary N) is 1. The summed E-state index contributed by atoms with van der Waals surface area (Å²) in [4.78, 5) is 4.26. The van der Waals surface area contributed by atoms with Gasteiger partial charge in [-0.15, -0.1) is 0 Å². The van der Waals surface area contributed by atoms with Gasteiger partial charge in [0, 0.05) is 18.8 Å². The van der Waals surface area contributed by atoms with E-state index in [4.69, 9.17) is 5.73 Å². The first-order valence-corrected chi connectivity index (χ1v) is 5.92. The van der Waals surface area contributed by atoms with E-state index in [2.05, 4.69) is 40.1 Å². The Labute approximate surface area is 99.6 Å². The van der Waals surface area contributed by atoms with Gasteiger partial charge in [-0.3, -0.25) is 0 Å². The quantitative estimate of drug-likeness (QED) is 0.885. The van der Waals surface area contributed by atoms with Crippen LogP contribution in [0.4, 0.5) is 5.82 Å². The highest BCUT2D eigenvalue weighted by molar-refractivity contribution is 9.10. The molecule has 0 bridgehead atoms. The zero-order valence-electron chi connectivity index (χ0n) is 9.42. The number of halogens is 1. The van der Waals surface area contributed by atoms with Crippen LogP contribution in [0.15, 0.2) is 16.7 Å². The van der Waals surface area contributed by atoms with Crippen molar-refractivity contribution in [3.63, 3.8) is 0 Å². The van der Waals surface area contributed by atoms with E-state index in [-0.39, 0.29) is 6.04 Å². The van der Waals surface area contributed by atoms with Crippen LogP contribution in [-0.4, -0.2) is 17.6 Å². The third-order valence-corrected chi connectivity index (χ3v) is 3.44. The lowest BCUT2D eigenvalue weighted by Gasteiger charge is -2.17. The van der Waals surface area contributed by atoms with Crippen LogP contribution in [0.1, 0.15) is 19.4 Å². The first-order valence-electron chi connectivity index (χ1n) is 5.13. The van der Waals surface area contributed by atoms with E-state index in [1.165, 1.54) is 5.56 Å². The van der Waals surface area contributed by atoms with Crippen LogP contribution in [0.2, 0.25) is 0 Å². The number of aryl methyl sites for hydroxylation is 1.